The molecule has 0 aromatic heterocycles. The number of hydrogen-bond donors (Lipinski definition) is 1. The summed E-state index contributed by atoms with van der Waals surface area (Å²) < 4.78 is 148. The van der Waals surface area contributed by atoms with E-state index in [9.17, 15) is 63.5 Å². The average molecular weight is 540 g/mol. The molecular formula is C19H11F11N2O4. The summed E-state index contributed by atoms with van der Waals surface area (Å²) in [7, 11) is 0. The molecule has 0 atom stereocenters. The molecule has 0 saturated heterocycles. The van der Waals surface area contributed by atoms with Crippen LogP contribution >= 0.6 is 0 Å². The van der Waals surface area contributed by atoms with Crippen LogP contribution in [0.1, 0.15) is 11.1 Å². The lowest BCUT2D eigenvalue weighted by Gasteiger charge is -2.32. The molecule has 36 heavy (non-hydrogen) atoms. The Kier molecular flexibility index (Phi) is 7.76. The van der Waals surface area contributed by atoms with Gasteiger partial charge in [0, 0.05) is 17.8 Å². The Morgan fingerprint density at radius 3 is 2.17 bits per heavy atom. The molecule has 0 amide bonds. The lowest BCUT2D eigenvalue weighted by Crippen LogP contribution is -2.59. The predicted molar refractivity (Wildman–Crippen MR) is 99.8 cm³/mol. The van der Waals surface area contributed by atoms with Gasteiger partial charge in [-0.1, -0.05) is 6.07 Å². The van der Waals surface area contributed by atoms with Gasteiger partial charge in [-0.25, -0.2) is 8.78 Å². The number of para-hydroxylation sites is 1. The normalized spacial score (nSPS) is 13.4. The van der Waals surface area contributed by atoms with Crippen molar-refractivity contribution in [3.05, 3.63) is 57.6 Å². The first-order valence-electron chi connectivity index (χ1n) is 9.09. The van der Waals surface area contributed by atoms with E-state index in [-0.39, 0.29) is 12.1 Å². The van der Waals surface area contributed by atoms with E-state index in [1.54, 1.807) is 0 Å². The maximum atomic E-state index is 13.8. The number of halogens is 11. The third kappa shape index (κ3) is 5.59. The number of benzene rings is 2. The summed E-state index contributed by atoms with van der Waals surface area (Å²) in [5.41, 5.74) is -3.79. The van der Waals surface area contributed by atoms with Crippen molar-refractivity contribution in [3.63, 3.8) is 0 Å². The van der Waals surface area contributed by atoms with E-state index in [2.05, 4.69) is 9.73 Å². The van der Waals surface area contributed by atoms with Gasteiger partial charge in [-0.05, 0) is 24.3 Å². The van der Waals surface area contributed by atoms with E-state index < -0.39 is 75.9 Å². The molecule has 2 aromatic rings. The summed E-state index contributed by atoms with van der Waals surface area (Å²) in [6.45, 7) is -2.68. The maximum Gasteiger partial charge on any atom is 0.416 e. The van der Waals surface area contributed by atoms with Crippen molar-refractivity contribution in [2.45, 2.75) is 30.4 Å². The minimum absolute atomic E-state index is 0.157. The number of phenols is 1. The van der Waals surface area contributed by atoms with Crippen LogP contribution in [0.25, 0.3) is 0 Å². The monoisotopic (exact) mass is 540 g/mol. The molecule has 198 valence electrons. The van der Waals surface area contributed by atoms with Gasteiger partial charge in [-0.3, -0.25) is 15.1 Å². The third-order valence-electron chi connectivity index (χ3n) is 4.43. The van der Waals surface area contributed by atoms with Gasteiger partial charge in [-0.2, -0.15) is 39.5 Å². The molecule has 2 rings (SSSR count). The highest BCUT2D eigenvalue weighted by molar-refractivity contribution is 5.87. The zero-order valence-electron chi connectivity index (χ0n) is 17.0. The Hall–Kier alpha value is -3.66. The topological polar surface area (TPSA) is 85.0 Å². The molecule has 0 saturated carbocycles. The highest BCUT2D eigenvalue weighted by Gasteiger charge is 2.75. The standard InChI is InChI=1S/C19H11F11N2O4/c20-15(21)17(24,25)19(29,30)16(22,23)8-36-13-5-4-10(18(26,27)28)6-11(13)31-7-9-2-1-3-12(14(9)33)32(34)35/h1-7,15,33H,8H2. The van der Waals surface area contributed by atoms with Crippen molar-refractivity contribution in [1.29, 1.82) is 0 Å². The van der Waals surface area contributed by atoms with Crippen LogP contribution < -0.4 is 4.74 Å². The van der Waals surface area contributed by atoms with Crippen molar-refractivity contribution in [3.8, 4) is 11.5 Å². The first-order valence-corrected chi connectivity index (χ1v) is 9.09. The summed E-state index contributed by atoms with van der Waals surface area (Å²) >= 11 is 0. The van der Waals surface area contributed by atoms with Gasteiger partial charge in [0.05, 0.1) is 10.5 Å². The molecule has 0 heterocycles. The van der Waals surface area contributed by atoms with Crippen molar-refractivity contribution >= 4 is 17.6 Å². The van der Waals surface area contributed by atoms with E-state index in [1.807, 2.05) is 0 Å². The highest BCUT2D eigenvalue weighted by Crippen LogP contribution is 2.49. The van der Waals surface area contributed by atoms with E-state index >= 15 is 0 Å². The maximum absolute atomic E-state index is 13.8. The Labute approximate surface area is 192 Å². The molecule has 1 N–H and O–H groups in total. The fraction of sp³-hybridized carbons (Fsp3) is 0.316. The first kappa shape index (κ1) is 28.6. The summed E-state index contributed by atoms with van der Waals surface area (Å²) in [5, 5.41) is 20.7. The quantitative estimate of drug-likeness (QED) is 0.168. The number of aliphatic imine (C=N–C) groups is 1. The molecule has 0 aliphatic carbocycles. The largest absolute Gasteiger partial charge is 0.502 e. The molecule has 0 bridgehead atoms. The number of hydrogen-bond acceptors (Lipinski definition) is 5. The SMILES string of the molecule is O=[N+]([O-])c1cccc(C=Nc2cc(C(F)(F)F)ccc2OCC(F)(F)C(F)(F)C(F)(F)C(F)F)c1O. The molecular weight excluding hydrogens is 529 g/mol. The van der Waals surface area contributed by atoms with Crippen LogP contribution in [0.5, 0.6) is 11.5 Å². The fourth-order valence-corrected chi connectivity index (χ4v) is 2.50. The number of nitrogens with zero attached hydrogens (tertiary/aromatic N) is 2. The second-order valence-electron chi connectivity index (χ2n) is 6.90. The van der Waals surface area contributed by atoms with Gasteiger partial charge in [0.25, 0.3) is 0 Å². The number of alkyl halides is 11. The van der Waals surface area contributed by atoms with E-state index in [1.165, 1.54) is 0 Å². The molecule has 0 fully saturated rings. The van der Waals surface area contributed by atoms with Crippen LogP contribution in [0, 0.1) is 10.1 Å². The molecule has 0 aliphatic rings. The first-order chi connectivity index (χ1) is 16.3. The number of phenolic OH excluding ortho intramolecular Hbond substituents is 1. The van der Waals surface area contributed by atoms with Crippen LogP contribution in [-0.4, -0.2) is 47.0 Å². The number of nitro groups is 1. The van der Waals surface area contributed by atoms with Crippen molar-refractivity contribution < 1.29 is 63.1 Å². The second-order valence-corrected chi connectivity index (χ2v) is 6.90. The third-order valence-corrected chi connectivity index (χ3v) is 4.43. The van der Waals surface area contributed by atoms with Crippen LogP contribution in [-0.2, 0) is 6.18 Å². The zero-order valence-corrected chi connectivity index (χ0v) is 17.0. The minimum Gasteiger partial charge on any atom is -0.502 e. The number of rotatable bonds is 9. The highest BCUT2D eigenvalue weighted by atomic mass is 19.4. The van der Waals surface area contributed by atoms with Gasteiger partial charge in [0.15, 0.2) is 6.61 Å². The smallest absolute Gasteiger partial charge is 0.416 e. The Bertz CT molecular complexity index is 1150. The molecule has 17 heteroatoms. The molecule has 0 spiro atoms. The van der Waals surface area contributed by atoms with E-state index in [4.69, 9.17) is 0 Å². The van der Waals surface area contributed by atoms with Crippen molar-refractivity contribution in [2.75, 3.05) is 6.61 Å². The van der Waals surface area contributed by atoms with Gasteiger partial charge in [0.2, 0.25) is 5.75 Å². The van der Waals surface area contributed by atoms with Gasteiger partial charge >= 0.3 is 36.1 Å². The average Bonchev–Trinajstić information content (AvgIpc) is 2.76. The van der Waals surface area contributed by atoms with E-state index in [0.717, 1.165) is 18.2 Å². The molecule has 0 unspecified atom stereocenters. The predicted octanol–water partition coefficient (Wildman–Crippen LogP) is 6.62. The van der Waals surface area contributed by atoms with Crippen LogP contribution in [0.15, 0.2) is 41.4 Å². The summed E-state index contributed by atoms with van der Waals surface area (Å²) in [6, 6.07) is 3.58. The zero-order chi connectivity index (χ0) is 27.7. The summed E-state index contributed by atoms with van der Waals surface area (Å²) in [5.74, 6) is -21.2. The van der Waals surface area contributed by atoms with Crippen molar-refractivity contribution in [2.24, 2.45) is 4.99 Å². The fourth-order valence-electron chi connectivity index (χ4n) is 2.50. The van der Waals surface area contributed by atoms with Crippen molar-refractivity contribution in [1.82, 2.24) is 0 Å². The summed E-state index contributed by atoms with van der Waals surface area (Å²) in [4.78, 5) is 13.2. The van der Waals surface area contributed by atoms with Gasteiger partial charge in [0.1, 0.15) is 11.4 Å². The van der Waals surface area contributed by atoms with Crippen LogP contribution in [0.2, 0.25) is 0 Å². The Morgan fingerprint density at radius 1 is 1.03 bits per heavy atom. The van der Waals surface area contributed by atoms with E-state index in [0.29, 0.717) is 12.3 Å². The minimum atomic E-state index is -6.63. The Balaban J connectivity index is 2.47. The number of nitro benzene ring substituents is 1. The second kappa shape index (κ2) is 9.77. The molecule has 2 aromatic carbocycles. The molecule has 0 radical (unpaired) electrons. The lowest BCUT2D eigenvalue weighted by atomic mass is 10.1. The van der Waals surface area contributed by atoms with Crippen LogP contribution in [0.4, 0.5) is 59.7 Å². The van der Waals surface area contributed by atoms with Gasteiger partial charge in [-0.15, -0.1) is 0 Å². The number of ether oxygens (including phenoxy) is 1. The molecule has 0 aliphatic heterocycles. The lowest BCUT2D eigenvalue weighted by molar-refractivity contribution is -0.385. The van der Waals surface area contributed by atoms with Crippen LogP contribution in [0.3, 0.4) is 0 Å². The Morgan fingerprint density at radius 2 is 1.64 bits per heavy atom. The van der Waals surface area contributed by atoms with Gasteiger partial charge < -0.3 is 9.84 Å². The summed E-state index contributed by atoms with van der Waals surface area (Å²) in [6.07, 6.45) is -9.71. The number of aromatic hydroxyl groups is 1. The molecule has 6 nitrogen and oxygen atoms in total.